The van der Waals surface area contributed by atoms with Crippen LogP contribution in [0, 0.1) is 0 Å². The van der Waals surface area contributed by atoms with E-state index in [0.29, 0.717) is 17.3 Å². The number of hydrogen-bond acceptors (Lipinski definition) is 5. The van der Waals surface area contributed by atoms with Crippen LogP contribution in [0.2, 0.25) is 0 Å². The Kier molecular flexibility index (Phi) is 7.30. The van der Waals surface area contributed by atoms with E-state index in [1.54, 1.807) is 0 Å². The molecule has 0 atom stereocenters. The molecule has 5 rings (SSSR count). The number of alkyl halides is 3. The molecule has 36 heavy (non-hydrogen) atoms. The average molecular weight is 497 g/mol. The molecule has 2 fully saturated rings. The molecule has 1 aromatic heterocycles. The van der Waals surface area contributed by atoms with Gasteiger partial charge in [0.05, 0.1) is 6.10 Å². The Morgan fingerprint density at radius 1 is 0.806 bits per heavy atom. The van der Waals surface area contributed by atoms with Crippen molar-refractivity contribution in [1.82, 2.24) is 9.97 Å². The summed E-state index contributed by atoms with van der Waals surface area (Å²) in [5.41, 5.74) is 1.46. The van der Waals surface area contributed by atoms with Crippen LogP contribution in [0.25, 0.3) is 0 Å². The maximum absolute atomic E-state index is 13.8. The molecule has 1 heterocycles. The van der Waals surface area contributed by atoms with Crippen molar-refractivity contribution < 1.29 is 17.9 Å². The molecule has 0 bridgehead atoms. The van der Waals surface area contributed by atoms with Crippen LogP contribution in [-0.4, -0.2) is 16.1 Å². The molecule has 0 saturated heterocycles. The third-order valence-electron chi connectivity index (χ3n) is 7.07. The normalized spacial score (nSPS) is 17.2. The minimum atomic E-state index is -4.58. The second-order valence-corrected chi connectivity index (χ2v) is 9.67. The number of aromatic nitrogens is 2. The first kappa shape index (κ1) is 24.4. The van der Waals surface area contributed by atoms with Gasteiger partial charge in [-0.2, -0.15) is 18.2 Å². The predicted octanol–water partition coefficient (Wildman–Crippen LogP) is 8.35. The van der Waals surface area contributed by atoms with Crippen LogP contribution in [0.3, 0.4) is 0 Å². The largest absolute Gasteiger partial charge is 0.490 e. The Balaban J connectivity index is 1.35. The fourth-order valence-electron chi connectivity index (χ4n) is 5.20. The van der Waals surface area contributed by atoms with E-state index in [2.05, 4.69) is 20.6 Å². The lowest BCUT2D eigenvalue weighted by atomic mass is 9.96. The number of nitrogens with zero attached hydrogens (tertiary/aromatic N) is 2. The highest BCUT2D eigenvalue weighted by Gasteiger charge is 2.35. The van der Waals surface area contributed by atoms with Gasteiger partial charge in [-0.1, -0.05) is 37.5 Å². The van der Waals surface area contributed by atoms with Crippen LogP contribution in [0.5, 0.6) is 5.75 Å². The minimum absolute atomic E-state index is 0.0878. The number of nitrogens with one attached hydrogen (secondary N) is 2. The predicted molar refractivity (Wildman–Crippen MR) is 135 cm³/mol. The first-order chi connectivity index (χ1) is 17.5. The number of halogens is 3. The molecule has 2 aromatic carbocycles. The second-order valence-electron chi connectivity index (χ2n) is 9.67. The molecule has 2 saturated carbocycles. The van der Waals surface area contributed by atoms with Crippen LogP contribution in [0.15, 0.2) is 54.7 Å². The summed E-state index contributed by atoms with van der Waals surface area (Å²) in [6.07, 6.45) is 6.64. The van der Waals surface area contributed by atoms with Gasteiger partial charge in [-0.3, -0.25) is 0 Å². The first-order valence-electron chi connectivity index (χ1n) is 12.8. The summed E-state index contributed by atoms with van der Waals surface area (Å²) >= 11 is 0. The summed E-state index contributed by atoms with van der Waals surface area (Å²) in [5, 5.41) is 6.00. The van der Waals surface area contributed by atoms with Gasteiger partial charge in [0.25, 0.3) is 0 Å². The second kappa shape index (κ2) is 10.8. The number of anilines is 4. The topological polar surface area (TPSA) is 59.1 Å². The van der Waals surface area contributed by atoms with Gasteiger partial charge < -0.3 is 15.4 Å². The van der Waals surface area contributed by atoms with Gasteiger partial charge in [-0.05, 0) is 80.3 Å². The molecule has 5 nitrogen and oxygen atoms in total. The first-order valence-corrected chi connectivity index (χ1v) is 12.8. The molecule has 0 spiro atoms. The number of para-hydroxylation sites is 1. The quantitative estimate of drug-likeness (QED) is 0.344. The zero-order valence-electron chi connectivity index (χ0n) is 20.2. The van der Waals surface area contributed by atoms with E-state index in [1.165, 1.54) is 19.3 Å². The van der Waals surface area contributed by atoms with Crippen molar-refractivity contribution in [2.45, 2.75) is 76.0 Å². The van der Waals surface area contributed by atoms with E-state index in [0.717, 1.165) is 56.0 Å². The van der Waals surface area contributed by atoms with Crippen molar-refractivity contribution in [2.75, 3.05) is 10.6 Å². The van der Waals surface area contributed by atoms with E-state index < -0.39 is 11.7 Å². The van der Waals surface area contributed by atoms with Gasteiger partial charge >= 0.3 is 6.18 Å². The number of ether oxygens (including phenoxy) is 1. The Hall–Kier alpha value is -3.29. The lowest BCUT2D eigenvalue weighted by Crippen LogP contribution is -2.19. The summed E-state index contributed by atoms with van der Waals surface area (Å²) in [5.74, 6) is 0.955. The van der Waals surface area contributed by atoms with Crippen LogP contribution in [0.4, 0.5) is 36.3 Å². The standard InChI is InChI=1S/C28H31F3N4O/c29-28(30,31)24-18-32-27(33-20-14-16-22(17-15-20)36-21-10-2-1-3-11-21)35-26(24)34-25-13-7-6-12-23(25)19-8-4-5-9-19/h6-7,12-19,21H,1-5,8-11H2,(H2,32,33,34,35). The van der Waals surface area contributed by atoms with Crippen molar-refractivity contribution in [2.24, 2.45) is 0 Å². The summed E-state index contributed by atoms with van der Waals surface area (Å²) in [6.45, 7) is 0. The Bertz CT molecular complexity index is 1150. The smallest absolute Gasteiger partial charge is 0.421 e. The molecule has 2 aliphatic rings. The lowest BCUT2D eigenvalue weighted by Gasteiger charge is -2.23. The molecule has 0 radical (unpaired) electrons. The highest BCUT2D eigenvalue weighted by Crippen LogP contribution is 2.40. The van der Waals surface area contributed by atoms with E-state index >= 15 is 0 Å². The third kappa shape index (κ3) is 5.91. The van der Waals surface area contributed by atoms with Gasteiger partial charge in [0.15, 0.2) is 0 Å². The Morgan fingerprint density at radius 2 is 1.50 bits per heavy atom. The molecule has 0 amide bonds. The van der Waals surface area contributed by atoms with E-state index in [9.17, 15) is 13.2 Å². The fourth-order valence-corrected chi connectivity index (χ4v) is 5.20. The van der Waals surface area contributed by atoms with Gasteiger partial charge in [0.2, 0.25) is 5.95 Å². The highest BCUT2D eigenvalue weighted by atomic mass is 19.4. The van der Waals surface area contributed by atoms with Crippen LogP contribution < -0.4 is 15.4 Å². The number of rotatable bonds is 7. The molecular weight excluding hydrogens is 465 g/mol. The van der Waals surface area contributed by atoms with Crippen molar-refractivity contribution in [3.05, 3.63) is 65.9 Å². The molecule has 190 valence electrons. The van der Waals surface area contributed by atoms with Crippen LogP contribution >= 0.6 is 0 Å². The van der Waals surface area contributed by atoms with E-state index in [4.69, 9.17) is 4.74 Å². The number of benzene rings is 2. The van der Waals surface area contributed by atoms with E-state index in [1.807, 2.05) is 48.5 Å². The van der Waals surface area contributed by atoms with Crippen molar-refractivity contribution in [1.29, 1.82) is 0 Å². The molecule has 2 aliphatic carbocycles. The molecule has 3 aromatic rings. The lowest BCUT2D eigenvalue weighted by molar-refractivity contribution is -0.137. The fraction of sp³-hybridized carbons (Fsp3) is 0.429. The monoisotopic (exact) mass is 496 g/mol. The Morgan fingerprint density at radius 3 is 2.22 bits per heavy atom. The molecule has 0 unspecified atom stereocenters. The Labute approximate surface area is 209 Å². The zero-order chi connectivity index (χ0) is 25.0. The van der Waals surface area contributed by atoms with Crippen molar-refractivity contribution in [3.63, 3.8) is 0 Å². The highest BCUT2D eigenvalue weighted by molar-refractivity contribution is 5.66. The minimum Gasteiger partial charge on any atom is -0.490 e. The average Bonchev–Trinajstić information content (AvgIpc) is 3.41. The SMILES string of the molecule is FC(F)(F)c1cnc(Nc2ccc(OC3CCCCC3)cc2)nc1Nc1ccccc1C1CCCC1. The molecule has 2 N–H and O–H groups in total. The molecular formula is C28H31F3N4O. The molecule has 0 aliphatic heterocycles. The van der Waals surface area contributed by atoms with Gasteiger partial charge in [-0.25, -0.2) is 4.98 Å². The number of hydrogen-bond donors (Lipinski definition) is 2. The van der Waals surface area contributed by atoms with Gasteiger partial charge in [0, 0.05) is 17.6 Å². The van der Waals surface area contributed by atoms with Crippen LogP contribution in [-0.2, 0) is 6.18 Å². The maximum atomic E-state index is 13.8. The summed E-state index contributed by atoms with van der Waals surface area (Å²) < 4.78 is 47.4. The third-order valence-corrected chi connectivity index (χ3v) is 7.07. The van der Waals surface area contributed by atoms with Crippen LogP contribution in [0.1, 0.15) is 74.8 Å². The zero-order valence-corrected chi connectivity index (χ0v) is 20.2. The van der Waals surface area contributed by atoms with Gasteiger partial charge in [0.1, 0.15) is 17.1 Å². The summed E-state index contributed by atoms with van der Waals surface area (Å²) in [7, 11) is 0. The summed E-state index contributed by atoms with van der Waals surface area (Å²) in [4.78, 5) is 8.17. The summed E-state index contributed by atoms with van der Waals surface area (Å²) in [6, 6.07) is 14.9. The van der Waals surface area contributed by atoms with Crippen molar-refractivity contribution in [3.8, 4) is 5.75 Å². The van der Waals surface area contributed by atoms with Gasteiger partial charge in [-0.15, -0.1) is 0 Å². The molecule has 8 heteroatoms. The van der Waals surface area contributed by atoms with E-state index in [-0.39, 0.29) is 17.9 Å². The van der Waals surface area contributed by atoms with Crippen molar-refractivity contribution >= 4 is 23.1 Å². The maximum Gasteiger partial charge on any atom is 0.421 e.